The zero-order valence-corrected chi connectivity index (χ0v) is 18.7. The van der Waals surface area contributed by atoms with Gasteiger partial charge in [-0.1, -0.05) is 17.7 Å². The van der Waals surface area contributed by atoms with Crippen molar-refractivity contribution in [1.82, 2.24) is 19.8 Å². The van der Waals surface area contributed by atoms with Gasteiger partial charge in [0, 0.05) is 62.8 Å². The molecule has 0 atom stereocenters. The number of amides is 1. The van der Waals surface area contributed by atoms with Gasteiger partial charge in [-0.15, -0.1) is 0 Å². The largest absolute Gasteiger partial charge is 0.439 e. The average Bonchev–Trinajstić information content (AvgIpc) is 2.81. The number of carbonyl (C=O) groups is 1. The second-order valence-corrected chi connectivity index (χ2v) is 8.04. The molecule has 0 aliphatic carbocycles. The SMILES string of the molecule is Cc1cccc(CCN2CCN(C(=O)Oc3ccc(Oc4ccc(Cl)cn4)cc3)CC2)n1. The van der Waals surface area contributed by atoms with Crippen LogP contribution in [-0.4, -0.2) is 58.6 Å². The van der Waals surface area contributed by atoms with Gasteiger partial charge in [0.15, 0.2) is 0 Å². The zero-order valence-electron chi connectivity index (χ0n) is 17.9. The Morgan fingerprint density at radius 1 is 1.00 bits per heavy atom. The van der Waals surface area contributed by atoms with E-state index in [9.17, 15) is 4.79 Å². The van der Waals surface area contributed by atoms with Crippen LogP contribution in [0, 0.1) is 6.92 Å². The number of rotatable bonds is 6. The van der Waals surface area contributed by atoms with E-state index in [4.69, 9.17) is 21.1 Å². The van der Waals surface area contributed by atoms with Crippen molar-refractivity contribution in [3.63, 3.8) is 0 Å². The number of aryl methyl sites for hydroxylation is 1. The first-order valence-corrected chi connectivity index (χ1v) is 10.9. The molecule has 8 heteroatoms. The molecule has 166 valence electrons. The van der Waals surface area contributed by atoms with E-state index < -0.39 is 0 Å². The lowest BCUT2D eigenvalue weighted by Gasteiger charge is -2.33. The van der Waals surface area contributed by atoms with Gasteiger partial charge in [-0.3, -0.25) is 9.88 Å². The van der Waals surface area contributed by atoms with Crippen LogP contribution in [0.3, 0.4) is 0 Å². The number of aromatic nitrogens is 2. The van der Waals surface area contributed by atoms with Crippen molar-refractivity contribution in [3.8, 4) is 17.4 Å². The maximum atomic E-state index is 12.5. The molecule has 0 bridgehead atoms. The van der Waals surface area contributed by atoms with Crippen LogP contribution in [0.1, 0.15) is 11.4 Å². The molecule has 1 saturated heterocycles. The summed E-state index contributed by atoms with van der Waals surface area (Å²) in [6.07, 6.45) is 2.09. The molecule has 3 aromatic rings. The second kappa shape index (κ2) is 10.4. The lowest BCUT2D eigenvalue weighted by molar-refractivity contribution is 0.111. The van der Waals surface area contributed by atoms with Crippen molar-refractivity contribution in [2.75, 3.05) is 32.7 Å². The Hall–Kier alpha value is -3.16. The van der Waals surface area contributed by atoms with E-state index in [2.05, 4.69) is 20.9 Å². The Bertz CT molecular complexity index is 1040. The molecule has 4 rings (SSSR count). The summed E-state index contributed by atoms with van der Waals surface area (Å²) in [5.41, 5.74) is 2.14. The van der Waals surface area contributed by atoms with Crippen LogP contribution < -0.4 is 9.47 Å². The van der Waals surface area contributed by atoms with Gasteiger partial charge in [0.1, 0.15) is 11.5 Å². The quantitative estimate of drug-likeness (QED) is 0.545. The number of piperazine rings is 1. The van der Waals surface area contributed by atoms with E-state index in [-0.39, 0.29) is 6.09 Å². The van der Waals surface area contributed by atoms with Gasteiger partial charge >= 0.3 is 6.09 Å². The molecule has 0 spiro atoms. The van der Waals surface area contributed by atoms with Crippen molar-refractivity contribution in [3.05, 3.63) is 77.2 Å². The monoisotopic (exact) mass is 452 g/mol. The zero-order chi connectivity index (χ0) is 22.3. The number of hydrogen-bond acceptors (Lipinski definition) is 6. The summed E-state index contributed by atoms with van der Waals surface area (Å²) < 4.78 is 11.2. The van der Waals surface area contributed by atoms with Crippen LogP contribution in [0.4, 0.5) is 4.79 Å². The van der Waals surface area contributed by atoms with E-state index in [0.29, 0.717) is 35.5 Å². The van der Waals surface area contributed by atoms with E-state index >= 15 is 0 Å². The molecule has 0 radical (unpaired) electrons. The third kappa shape index (κ3) is 6.18. The summed E-state index contributed by atoms with van der Waals surface area (Å²) in [4.78, 5) is 25.3. The summed E-state index contributed by atoms with van der Waals surface area (Å²) >= 11 is 5.83. The molecule has 7 nitrogen and oxygen atoms in total. The molecule has 1 fully saturated rings. The lowest BCUT2D eigenvalue weighted by Crippen LogP contribution is -2.49. The Balaban J connectivity index is 1.22. The smallest absolute Gasteiger partial charge is 0.415 e. The fourth-order valence-electron chi connectivity index (χ4n) is 3.45. The van der Waals surface area contributed by atoms with Gasteiger partial charge in [0.05, 0.1) is 5.02 Å². The van der Waals surface area contributed by atoms with Crippen molar-refractivity contribution in [2.24, 2.45) is 0 Å². The highest BCUT2D eigenvalue weighted by Gasteiger charge is 2.22. The summed E-state index contributed by atoms with van der Waals surface area (Å²) in [5, 5.41) is 0.545. The van der Waals surface area contributed by atoms with Crippen LogP contribution in [0.15, 0.2) is 60.8 Å². The average molecular weight is 453 g/mol. The minimum absolute atomic E-state index is 0.335. The van der Waals surface area contributed by atoms with Gasteiger partial charge in [0.25, 0.3) is 0 Å². The Morgan fingerprint density at radius 2 is 1.75 bits per heavy atom. The molecule has 1 aromatic carbocycles. The summed E-state index contributed by atoms with van der Waals surface area (Å²) in [5.74, 6) is 1.51. The summed E-state index contributed by atoms with van der Waals surface area (Å²) in [6, 6.07) is 16.4. The number of hydrogen-bond donors (Lipinski definition) is 0. The minimum atomic E-state index is -0.335. The van der Waals surface area contributed by atoms with Crippen LogP contribution in [0.5, 0.6) is 17.4 Å². The first-order chi connectivity index (χ1) is 15.5. The predicted molar refractivity (Wildman–Crippen MR) is 122 cm³/mol. The van der Waals surface area contributed by atoms with Crippen molar-refractivity contribution in [2.45, 2.75) is 13.3 Å². The number of nitrogens with zero attached hydrogens (tertiary/aromatic N) is 4. The molecule has 0 N–H and O–H groups in total. The van der Waals surface area contributed by atoms with E-state index in [1.54, 1.807) is 41.3 Å². The van der Waals surface area contributed by atoms with Crippen molar-refractivity contribution < 1.29 is 14.3 Å². The fourth-order valence-corrected chi connectivity index (χ4v) is 3.56. The molecule has 32 heavy (non-hydrogen) atoms. The van der Waals surface area contributed by atoms with Gasteiger partial charge in [-0.2, -0.15) is 0 Å². The highest BCUT2D eigenvalue weighted by molar-refractivity contribution is 6.30. The first kappa shape index (κ1) is 22.0. The van der Waals surface area contributed by atoms with Crippen molar-refractivity contribution in [1.29, 1.82) is 0 Å². The molecule has 1 aliphatic heterocycles. The van der Waals surface area contributed by atoms with Crippen molar-refractivity contribution >= 4 is 17.7 Å². The van der Waals surface area contributed by atoms with Gasteiger partial charge < -0.3 is 14.4 Å². The Labute approximate surface area is 192 Å². The maximum absolute atomic E-state index is 12.5. The third-order valence-corrected chi connectivity index (χ3v) is 5.44. The molecule has 2 aromatic heterocycles. The summed E-state index contributed by atoms with van der Waals surface area (Å²) in [7, 11) is 0. The minimum Gasteiger partial charge on any atom is -0.439 e. The molecule has 0 saturated carbocycles. The normalized spacial score (nSPS) is 14.2. The highest BCUT2D eigenvalue weighted by Crippen LogP contribution is 2.23. The number of ether oxygens (including phenoxy) is 2. The van der Waals surface area contributed by atoms with E-state index in [0.717, 1.165) is 37.4 Å². The van der Waals surface area contributed by atoms with Gasteiger partial charge in [-0.25, -0.2) is 9.78 Å². The molecule has 3 heterocycles. The Morgan fingerprint density at radius 3 is 2.44 bits per heavy atom. The fraction of sp³-hybridized carbons (Fsp3) is 0.292. The molecule has 1 aliphatic rings. The number of carbonyl (C=O) groups excluding carboxylic acids is 1. The lowest BCUT2D eigenvalue weighted by atomic mass is 10.2. The molecular weight excluding hydrogens is 428 g/mol. The number of halogens is 1. The first-order valence-electron chi connectivity index (χ1n) is 10.6. The maximum Gasteiger partial charge on any atom is 0.415 e. The number of benzene rings is 1. The van der Waals surface area contributed by atoms with Gasteiger partial charge in [0.2, 0.25) is 5.88 Å². The number of pyridine rings is 2. The standard InChI is InChI=1S/C24H25ClN4O3/c1-18-3-2-4-20(27-18)11-12-28-13-15-29(16-14-28)24(30)32-22-8-6-21(7-9-22)31-23-10-5-19(25)17-26-23/h2-10,17H,11-16H2,1H3. The Kier molecular flexibility index (Phi) is 7.19. The van der Waals surface area contributed by atoms with Crippen LogP contribution >= 0.6 is 11.6 Å². The van der Waals surface area contributed by atoms with Crippen LogP contribution in [0.25, 0.3) is 0 Å². The third-order valence-electron chi connectivity index (χ3n) is 5.21. The second-order valence-electron chi connectivity index (χ2n) is 7.61. The van der Waals surface area contributed by atoms with Crippen LogP contribution in [0.2, 0.25) is 5.02 Å². The molecule has 0 unspecified atom stereocenters. The topological polar surface area (TPSA) is 67.8 Å². The highest BCUT2D eigenvalue weighted by atomic mass is 35.5. The molecular formula is C24H25ClN4O3. The van der Waals surface area contributed by atoms with Gasteiger partial charge in [-0.05, 0) is 49.4 Å². The van der Waals surface area contributed by atoms with E-state index in [1.807, 2.05) is 19.1 Å². The summed E-state index contributed by atoms with van der Waals surface area (Å²) in [6.45, 7) is 5.87. The predicted octanol–water partition coefficient (Wildman–Crippen LogP) is 4.59. The van der Waals surface area contributed by atoms with E-state index in [1.165, 1.54) is 6.20 Å². The molecule has 1 amide bonds. The van der Waals surface area contributed by atoms with Crippen LogP contribution in [-0.2, 0) is 6.42 Å².